The Morgan fingerprint density at radius 1 is 0.917 bits per heavy atom. The molecule has 0 aliphatic heterocycles. The van der Waals surface area contributed by atoms with Crippen LogP contribution in [-0.2, 0) is 5.60 Å². The van der Waals surface area contributed by atoms with Gasteiger partial charge in [-0.2, -0.15) is 0 Å². The number of hydrogen-bond acceptors (Lipinski definition) is 1. The second-order valence-corrected chi connectivity index (χ2v) is 10.5. The molecule has 1 nitrogen and oxygen atoms in total. The van der Waals surface area contributed by atoms with E-state index in [1.807, 2.05) is 0 Å². The first-order chi connectivity index (χ1) is 11.5. The van der Waals surface area contributed by atoms with Gasteiger partial charge in [-0.05, 0) is 85.6 Å². The van der Waals surface area contributed by atoms with Crippen molar-refractivity contribution in [3.8, 4) is 0 Å². The van der Waals surface area contributed by atoms with Crippen LogP contribution in [0.25, 0.3) is 10.8 Å². The van der Waals surface area contributed by atoms with Gasteiger partial charge in [0.05, 0.1) is 5.60 Å². The SMILES string of the molecule is CC(O)(c1ccc2cc([SiH3])ccc2c1)C12CC3CC(CC(C3)C1)C2. The van der Waals surface area contributed by atoms with Crippen molar-refractivity contribution >= 4 is 26.2 Å². The van der Waals surface area contributed by atoms with E-state index < -0.39 is 5.60 Å². The minimum atomic E-state index is -0.698. The molecule has 0 saturated heterocycles. The third-order valence-electron chi connectivity index (χ3n) is 7.63. The second-order valence-electron chi connectivity index (χ2n) is 9.34. The molecule has 4 aliphatic carbocycles. The van der Waals surface area contributed by atoms with E-state index in [0.717, 1.165) is 33.6 Å². The lowest BCUT2D eigenvalue weighted by molar-refractivity contribution is -0.176. The van der Waals surface area contributed by atoms with Gasteiger partial charge in [-0.15, -0.1) is 0 Å². The van der Waals surface area contributed by atoms with Crippen LogP contribution in [0.5, 0.6) is 0 Å². The standard InChI is InChI=1S/C22H28OSi/c1-21(23,19-4-2-18-10-20(24)5-3-17(18)9-19)22-11-14-6-15(12-22)8-16(7-14)13-22/h2-5,9-10,14-16,23H,6-8,11-13H2,1,24H3. The van der Waals surface area contributed by atoms with Crippen LogP contribution in [0.2, 0.25) is 0 Å². The summed E-state index contributed by atoms with van der Waals surface area (Å²) in [5.41, 5.74) is 0.558. The first kappa shape index (κ1) is 15.2. The fraction of sp³-hybridized carbons (Fsp3) is 0.545. The largest absolute Gasteiger partial charge is 0.385 e. The first-order valence-corrected chi connectivity index (χ1v) is 10.7. The predicted molar refractivity (Wildman–Crippen MR) is 104 cm³/mol. The molecule has 1 atom stereocenters. The molecule has 2 aromatic rings. The Bertz CT molecular complexity index is 771. The lowest BCUT2D eigenvalue weighted by atomic mass is 9.45. The summed E-state index contributed by atoms with van der Waals surface area (Å²) in [5.74, 6) is 2.61. The summed E-state index contributed by atoms with van der Waals surface area (Å²) in [6.07, 6.45) is 8.00. The molecule has 4 aliphatic rings. The topological polar surface area (TPSA) is 20.2 Å². The van der Waals surface area contributed by atoms with Crippen molar-refractivity contribution in [2.24, 2.45) is 23.2 Å². The molecular weight excluding hydrogens is 308 g/mol. The molecule has 4 saturated carbocycles. The van der Waals surface area contributed by atoms with E-state index in [1.165, 1.54) is 54.5 Å². The Morgan fingerprint density at radius 2 is 1.46 bits per heavy atom. The summed E-state index contributed by atoms with van der Waals surface area (Å²) in [6.45, 7) is 2.11. The molecule has 0 spiro atoms. The number of fused-ring (bicyclic) bond motifs is 1. The van der Waals surface area contributed by atoms with Crippen LogP contribution in [-0.4, -0.2) is 15.3 Å². The highest BCUT2D eigenvalue weighted by atomic mass is 28.1. The summed E-state index contributed by atoms with van der Waals surface area (Å²) in [7, 11) is 1.09. The van der Waals surface area contributed by atoms with Crippen molar-refractivity contribution in [1.82, 2.24) is 0 Å². The van der Waals surface area contributed by atoms with Gasteiger partial charge in [-0.25, -0.2) is 0 Å². The van der Waals surface area contributed by atoms with Gasteiger partial charge in [0.2, 0.25) is 0 Å². The van der Waals surface area contributed by atoms with Gasteiger partial charge in [0.1, 0.15) is 0 Å². The molecule has 4 fully saturated rings. The first-order valence-electron chi connectivity index (χ1n) is 9.68. The summed E-state index contributed by atoms with van der Waals surface area (Å²) in [5, 5.41) is 15.8. The smallest absolute Gasteiger partial charge is 0.0924 e. The van der Waals surface area contributed by atoms with Gasteiger partial charge >= 0.3 is 0 Å². The Hall–Kier alpha value is -1.12. The normalized spacial score (nSPS) is 37.0. The number of hydrogen-bond donors (Lipinski definition) is 1. The lowest BCUT2D eigenvalue weighted by Crippen LogP contribution is -2.55. The number of rotatable bonds is 2. The molecular formula is C22H28OSi. The van der Waals surface area contributed by atoms with Crippen LogP contribution in [0.1, 0.15) is 51.0 Å². The Labute approximate surface area is 147 Å². The minimum Gasteiger partial charge on any atom is -0.385 e. The van der Waals surface area contributed by atoms with Gasteiger partial charge in [-0.3, -0.25) is 0 Å². The van der Waals surface area contributed by atoms with Crippen LogP contribution in [0, 0.1) is 23.2 Å². The number of aliphatic hydroxyl groups is 1. The lowest BCUT2D eigenvalue weighted by Gasteiger charge is -2.61. The highest BCUT2D eigenvalue weighted by molar-refractivity contribution is 6.33. The molecule has 0 radical (unpaired) electrons. The van der Waals surface area contributed by atoms with Crippen molar-refractivity contribution < 1.29 is 5.11 Å². The molecule has 0 amide bonds. The van der Waals surface area contributed by atoms with E-state index in [2.05, 4.69) is 43.3 Å². The summed E-state index contributed by atoms with van der Waals surface area (Å²) < 4.78 is 0. The zero-order valence-electron chi connectivity index (χ0n) is 14.9. The summed E-state index contributed by atoms with van der Waals surface area (Å²) in [6, 6.07) is 13.4. The van der Waals surface area contributed by atoms with Crippen molar-refractivity contribution in [3.63, 3.8) is 0 Å². The molecule has 0 aromatic heterocycles. The maximum absolute atomic E-state index is 11.8. The Kier molecular flexibility index (Phi) is 3.13. The third-order valence-corrected chi connectivity index (χ3v) is 8.25. The van der Waals surface area contributed by atoms with Crippen molar-refractivity contribution in [2.45, 2.75) is 51.0 Å². The van der Waals surface area contributed by atoms with Gasteiger partial charge < -0.3 is 5.11 Å². The monoisotopic (exact) mass is 336 g/mol. The molecule has 2 aromatic carbocycles. The van der Waals surface area contributed by atoms with Crippen molar-refractivity contribution in [2.75, 3.05) is 0 Å². The van der Waals surface area contributed by atoms with Crippen molar-refractivity contribution in [1.29, 1.82) is 0 Å². The summed E-state index contributed by atoms with van der Waals surface area (Å²) >= 11 is 0. The van der Waals surface area contributed by atoms with E-state index in [4.69, 9.17) is 0 Å². The molecule has 1 N–H and O–H groups in total. The Balaban J connectivity index is 1.58. The molecule has 6 rings (SSSR count). The zero-order chi connectivity index (χ0) is 16.5. The Morgan fingerprint density at radius 3 is 2.08 bits per heavy atom. The van der Waals surface area contributed by atoms with E-state index in [0.29, 0.717) is 0 Å². The molecule has 1 unspecified atom stereocenters. The van der Waals surface area contributed by atoms with Gasteiger partial charge in [0.15, 0.2) is 0 Å². The van der Waals surface area contributed by atoms with Crippen LogP contribution < -0.4 is 5.19 Å². The van der Waals surface area contributed by atoms with E-state index in [-0.39, 0.29) is 5.41 Å². The highest BCUT2D eigenvalue weighted by Crippen LogP contribution is 2.65. The summed E-state index contributed by atoms with van der Waals surface area (Å²) in [4.78, 5) is 0. The van der Waals surface area contributed by atoms with E-state index >= 15 is 0 Å². The second kappa shape index (κ2) is 4.95. The van der Waals surface area contributed by atoms with Gasteiger partial charge in [0.25, 0.3) is 0 Å². The molecule has 0 heterocycles. The van der Waals surface area contributed by atoms with Gasteiger partial charge in [-0.1, -0.05) is 35.5 Å². The average Bonchev–Trinajstić information content (AvgIpc) is 2.53. The maximum atomic E-state index is 11.8. The van der Waals surface area contributed by atoms with E-state index in [1.54, 1.807) is 0 Å². The van der Waals surface area contributed by atoms with Crippen LogP contribution >= 0.6 is 0 Å². The molecule has 4 bridgehead atoms. The predicted octanol–water partition coefficient (Wildman–Crippen LogP) is 3.25. The molecule has 2 heteroatoms. The molecule has 24 heavy (non-hydrogen) atoms. The number of benzene rings is 2. The zero-order valence-corrected chi connectivity index (χ0v) is 16.9. The van der Waals surface area contributed by atoms with Gasteiger partial charge in [0, 0.05) is 15.7 Å². The maximum Gasteiger partial charge on any atom is 0.0924 e. The van der Waals surface area contributed by atoms with Crippen LogP contribution in [0.3, 0.4) is 0 Å². The van der Waals surface area contributed by atoms with E-state index in [9.17, 15) is 5.11 Å². The highest BCUT2D eigenvalue weighted by Gasteiger charge is 2.58. The fourth-order valence-electron chi connectivity index (χ4n) is 6.68. The average molecular weight is 337 g/mol. The molecule has 126 valence electrons. The van der Waals surface area contributed by atoms with Crippen LogP contribution in [0.4, 0.5) is 0 Å². The van der Waals surface area contributed by atoms with Crippen LogP contribution in [0.15, 0.2) is 36.4 Å². The minimum absolute atomic E-state index is 0.118. The fourth-order valence-corrected chi connectivity index (χ4v) is 7.16. The third kappa shape index (κ3) is 2.09. The quantitative estimate of drug-likeness (QED) is 0.835. The van der Waals surface area contributed by atoms with Crippen molar-refractivity contribution in [3.05, 3.63) is 42.0 Å².